The minimum atomic E-state index is 0.619. The minimum Gasteiger partial charge on any atom is -0.355 e. The van der Waals surface area contributed by atoms with Crippen LogP contribution in [-0.2, 0) is 6.54 Å². The molecule has 0 spiro atoms. The summed E-state index contributed by atoms with van der Waals surface area (Å²) in [7, 11) is 0. The Kier molecular flexibility index (Phi) is 4.23. The van der Waals surface area contributed by atoms with Gasteiger partial charge in [-0.1, -0.05) is 13.8 Å². The molecule has 0 bridgehead atoms. The van der Waals surface area contributed by atoms with Gasteiger partial charge in [-0.2, -0.15) is 0 Å². The molecule has 0 fully saturated rings. The van der Waals surface area contributed by atoms with Crippen molar-refractivity contribution in [2.24, 2.45) is 5.92 Å². The van der Waals surface area contributed by atoms with Crippen LogP contribution >= 0.6 is 27.3 Å². The topological polar surface area (TPSA) is 29.9 Å². The van der Waals surface area contributed by atoms with Gasteiger partial charge in [-0.15, -0.1) is 11.3 Å². The maximum atomic E-state index is 4.34. The smallest absolute Gasteiger partial charge is 0.203 e. The predicted octanol–water partition coefficient (Wildman–Crippen LogP) is 3.82. The fourth-order valence-corrected chi connectivity index (χ4v) is 2.97. The van der Waals surface area contributed by atoms with Crippen molar-refractivity contribution in [3.8, 4) is 0 Å². The minimum absolute atomic E-state index is 0.619. The van der Waals surface area contributed by atoms with Gasteiger partial charge < -0.3 is 9.88 Å². The number of hydrogen-bond donors (Lipinski definition) is 1. The van der Waals surface area contributed by atoms with Gasteiger partial charge in [0.2, 0.25) is 5.95 Å². The fraction of sp³-hybridized carbons (Fsp3) is 0.417. The maximum absolute atomic E-state index is 4.34. The van der Waals surface area contributed by atoms with Gasteiger partial charge in [0.1, 0.15) is 0 Å². The lowest BCUT2D eigenvalue weighted by Gasteiger charge is -2.10. The third-order valence-corrected chi connectivity index (χ3v) is 4.30. The van der Waals surface area contributed by atoms with Crippen molar-refractivity contribution in [1.29, 1.82) is 0 Å². The van der Waals surface area contributed by atoms with Crippen LogP contribution in [0.5, 0.6) is 0 Å². The van der Waals surface area contributed by atoms with Gasteiger partial charge in [0.15, 0.2) is 0 Å². The first kappa shape index (κ1) is 12.6. The molecule has 2 aromatic rings. The Balaban J connectivity index is 2.06. The number of rotatable bonds is 5. The first-order valence-electron chi connectivity index (χ1n) is 5.63. The first-order chi connectivity index (χ1) is 8.16. The van der Waals surface area contributed by atoms with Gasteiger partial charge in [-0.25, -0.2) is 4.98 Å². The second-order valence-electron chi connectivity index (χ2n) is 4.35. The van der Waals surface area contributed by atoms with Gasteiger partial charge in [0.05, 0.1) is 6.54 Å². The zero-order valence-corrected chi connectivity index (χ0v) is 12.4. The number of nitrogens with one attached hydrogen (secondary N) is 1. The molecule has 0 aromatic carbocycles. The number of thiophene rings is 1. The van der Waals surface area contributed by atoms with Crippen LogP contribution in [0.1, 0.15) is 18.7 Å². The molecule has 2 rings (SSSR count). The van der Waals surface area contributed by atoms with Crippen LogP contribution in [0, 0.1) is 5.92 Å². The zero-order valence-electron chi connectivity index (χ0n) is 9.98. The van der Waals surface area contributed by atoms with E-state index >= 15 is 0 Å². The molecule has 17 heavy (non-hydrogen) atoms. The summed E-state index contributed by atoms with van der Waals surface area (Å²) in [4.78, 5) is 5.65. The molecule has 0 aliphatic carbocycles. The molecule has 1 N–H and O–H groups in total. The summed E-state index contributed by atoms with van der Waals surface area (Å²) in [6.45, 7) is 6.19. The molecule has 0 aliphatic rings. The highest BCUT2D eigenvalue weighted by atomic mass is 79.9. The van der Waals surface area contributed by atoms with E-state index in [1.807, 2.05) is 12.4 Å². The third kappa shape index (κ3) is 3.33. The van der Waals surface area contributed by atoms with Crippen LogP contribution in [0.2, 0.25) is 0 Å². The summed E-state index contributed by atoms with van der Waals surface area (Å²) in [6, 6.07) is 2.08. The van der Waals surface area contributed by atoms with E-state index in [0.29, 0.717) is 5.92 Å². The molecule has 5 heteroatoms. The Morgan fingerprint density at radius 1 is 1.53 bits per heavy atom. The summed E-state index contributed by atoms with van der Waals surface area (Å²) in [5.74, 6) is 1.56. The molecule has 0 radical (unpaired) electrons. The highest BCUT2D eigenvalue weighted by molar-refractivity contribution is 9.10. The number of hydrogen-bond acceptors (Lipinski definition) is 3. The molecule has 2 heterocycles. The summed E-state index contributed by atoms with van der Waals surface area (Å²) in [5, 5.41) is 5.46. The van der Waals surface area contributed by atoms with Gasteiger partial charge in [-0.05, 0) is 33.3 Å². The van der Waals surface area contributed by atoms with Crippen LogP contribution in [0.4, 0.5) is 5.95 Å². The normalized spacial score (nSPS) is 11.1. The zero-order chi connectivity index (χ0) is 12.3. The van der Waals surface area contributed by atoms with Gasteiger partial charge in [-0.3, -0.25) is 0 Å². The molecule has 0 saturated heterocycles. The number of nitrogens with zero attached hydrogens (tertiary/aromatic N) is 2. The Morgan fingerprint density at radius 3 is 3.00 bits per heavy atom. The van der Waals surface area contributed by atoms with Crippen LogP contribution < -0.4 is 5.32 Å². The molecule has 0 amide bonds. The van der Waals surface area contributed by atoms with Crippen LogP contribution in [0.15, 0.2) is 28.3 Å². The molecule has 0 unspecified atom stereocenters. The van der Waals surface area contributed by atoms with E-state index in [9.17, 15) is 0 Å². The number of aromatic nitrogens is 2. The lowest BCUT2D eigenvalue weighted by molar-refractivity contribution is 0.677. The Labute approximate surface area is 114 Å². The standard InChI is InChI=1S/C12H16BrN3S/c1-9(2)7-15-12-14-4-5-16(12)8-11-10(13)3-6-17-11/h3-6,9H,7-8H2,1-2H3,(H,14,15). The lowest BCUT2D eigenvalue weighted by Crippen LogP contribution is -2.12. The van der Waals surface area contributed by atoms with E-state index in [4.69, 9.17) is 0 Å². The average Bonchev–Trinajstić information content (AvgIpc) is 2.87. The fourth-order valence-electron chi connectivity index (χ4n) is 1.49. The SMILES string of the molecule is CC(C)CNc1nccn1Cc1sccc1Br. The van der Waals surface area contributed by atoms with Crippen molar-refractivity contribution in [2.75, 3.05) is 11.9 Å². The predicted molar refractivity (Wildman–Crippen MR) is 76.7 cm³/mol. The Hall–Kier alpha value is -0.810. The van der Waals surface area contributed by atoms with Crippen molar-refractivity contribution in [2.45, 2.75) is 20.4 Å². The van der Waals surface area contributed by atoms with E-state index in [-0.39, 0.29) is 0 Å². The van der Waals surface area contributed by atoms with Crippen LogP contribution in [0.25, 0.3) is 0 Å². The summed E-state index contributed by atoms with van der Waals surface area (Å²) in [6.07, 6.45) is 3.85. The van der Waals surface area contributed by atoms with Crippen LogP contribution in [0.3, 0.4) is 0 Å². The summed E-state index contributed by atoms with van der Waals surface area (Å²) < 4.78 is 3.31. The molecule has 0 aliphatic heterocycles. The highest BCUT2D eigenvalue weighted by Crippen LogP contribution is 2.24. The van der Waals surface area contributed by atoms with Gasteiger partial charge >= 0.3 is 0 Å². The maximum Gasteiger partial charge on any atom is 0.203 e. The van der Waals surface area contributed by atoms with E-state index in [2.05, 4.69) is 56.1 Å². The van der Waals surface area contributed by atoms with E-state index in [1.165, 1.54) is 9.35 Å². The largest absolute Gasteiger partial charge is 0.355 e. The van der Waals surface area contributed by atoms with E-state index < -0.39 is 0 Å². The highest BCUT2D eigenvalue weighted by Gasteiger charge is 2.07. The summed E-state index contributed by atoms with van der Waals surface area (Å²) >= 11 is 5.31. The van der Waals surface area contributed by atoms with Gasteiger partial charge in [0.25, 0.3) is 0 Å². The van der Waals surface area contributed by atoms with Crippen molar-refractivity contribution in [1.82, 2.24) is 9.55 Å². The van der Waals surface area contributed by atoms with Crippen molar-refractivity contribution < 1.29 is 0 Å². The molecule has 2 aromatic heterocycles. The molecule has 0 saturated carbocycles. The molecule has 92 valence electrons. The average molecular weight is 314 g/mol. The van der Waals surface area contributed by atoms with Crippen molar-refractivity contribution >= 4 is 33.2 Å². The second-order valence-corrected chi connectivity index (χ2v) is 6.20. The van der Waals surface area contributed by atoms with E-state index in [1.54, 1.807) is 11.3 Å². The lowest BCUT2D eigenvalue weighted by atomic mass is 10.2. The van der Waals surface area contributed by atoms with Crippen LogP contribution in [-0.4, -0.2) is 16.1 Å². The molecule has 3 nitrogen and oxygen atoms in total. The molecular formula is C12H16BrN3S. The van der Waals surface area contributed by atoms with E-state index in [0.717, 1.165) is 19.0 Å². The molecule has 0 atom stereocenters. The Morgan fingerprint density at radius 2 is 2.35 bits per heavy atom. The molecular weight excluding hydrogens is 298 g/mol. The Bertz CT molecular complexity index is 476. The quantitative estimate of drug-likeness (QED) is 0.909. The van der Waals surface area contributed by atoms with Crippen molar-refractivity contribution in [3.05, 3.63) is 33.2 Å². The van der Waals surface area contributed by atoms with Crippen molar-refractivity contribution in [3.63, 3.8) is 0 Å². The third-order valence-electron chi connectivity index (χ3n) is 2.39. The number of imidazole rings is 1. The van der Waals surface area contributed by atoms with Gasteiger partial charge in [0, 0.05) is 28.3 Å². The summed E-state index contributed by atoms with van der Waals surface area (Å²) in [5.41, 5.74) is 0. The first-order valence-corrected chi connectivity index (χ1v) is 7.31. The number of anilines is 1. The number of halogens is 1. The second kappa shape index (κ2) is 5.69. The monoisotopic (exact) mass is 313 g/mol.